The minimum Gasteiger partial charge on any atom is -0.508 e. The molecular formula is C17H18FNO. The molecule has 1 unspecified atom stereocenters. The van der Waals surface area contributed by atoms with Crippen LogP contribution in [0.4, 0.5) is 4.39 Å². The van der Waals surface area contributed by atoms with Crippen molar-refractivity contribution < 1.29 is 9.50 Å². The molecule has 0 amide bonds. The van der Waals surface area contributed by atoms with Gasteiger partial charge in [0.2, 0.25) is 0 Å². The van der Waals surface area contributed by atoms with Gasteiger partial charge in [-0.05, 0) is 48.1 Å². The highest BCUT2D eigenvalue weighted by molar-refractivity contribution is 5.33. The van der Waals surface area contributed by atoms with Crippen LogP contribution in [-0.2, 0) is 13.0 Å². The second-order valence-corrected chi connectivity index (χ2v) is 5.34. The molecule has 1 aliphatic rings. The second-order valence-electron chi connectivity index (χ2n) is 5.34. The Morgan fingerprint density at radius 3 is 2.90 bits per heavy atom. The lowest BCUT2D eigenvalue weighted by Crippen LogP contribution is -2.24. The number of benzene rings is 2. The molecule has 0 fully saturated rings. The lowest BCUT2D eigenvalue weighted by molar-refractivity contribution is 0.451. The van der Waals surface area contributed by atoms with Gasteiger partial charge in [-0.1, -0.05) is 24.3 Å². The molecule has 0 spiro atoms. The zero-order valence-electron chi connectivity index (χ0n) is 11.3. The summed E-state index contributed by atoms with van der Waals surface area (Å²) in [6.45, 7) is 0.560. The van der Waals surface area contributed by atoms with E-state index in [0.29, 0.717) is 12.6 Å². The van der Waals surface area contributed by atoms with E-state index in [1.165, 1.54) is 23.6 Å². The summed E-state index contributed by atoms with van der Waals surface area (Å²) in [5.74, 6) is -0.420. The fourth-order valence-electron chi connectivity index (χ4n) is 2.94. The topological polar surface area (TPSA) is 32.3 Å². The van der Waals surface area contributed by atoms with Gasteiger partial charge in [-0.15, -0.1) is 0 Å². The molecule has 0 aliphatic heterocycles. The molecule has 1 atom stereocenters. The second kappa shape index (κ2) is 5.63. The third kappa shape index (κ3) is 2.83. The molecule has 1 aliphatic carbocycles. The Hall–Kier alpha value is -1.87. The van der Waals surface area contributed by atoms with Crippen molar-refractivity contribution in [2.24, 2.45) is 0 Å². The zero-order chi connectivity index (χ0) is 13.9. The fourth-order valence-corrected chi connectivity index (χ4v) is 2.94. The third-order valence-corrected chi connectivity index (χ3v) is 3.86. The first-order valence-corrected chi connectivity index (χ1v) is 7.02. The molecule has 20 heavy (non-hydrogen) atoms. The number of rotatable bonds is 3. The summed E-state index contributed by atoms with van der Waals surface area (Å²) < 4.78 is 13.2. The van der Waals surface area contributed by atoms with E-state index in [1.54, 1.807) is 6.07 Å². The Kier molecular flexibility index (Phi) is 3.70. The number of aryl methyl sites for hydroxylation is 1. The molecular weight excluding hydrogens is 253 g/mol. The van der Waals surface area contributed by atoms with Crippen LogP contribution in [0, 0.1) is 5.82 Å². The van der Waals surface area contributed by atoms with Crippen molar-refractivity contribution in [1.82, 2.24) is 5.32 Å². The van der Waals surface area contributed by atoms with Crippen molar-refractivity contribution in [3.63, 3.8) is 0 Å². The number of halogens is 1. The SMILES string of the molecule is Oc1cc(F)cc(CNC2CCCc3ccccc32)c1. The van der Waals surface area contributed by atoms with Gasteiger partial charge in [0.15, 0.2) is 0 Å². The van der Waals surface area contributed by atoms with E-state index in [-0.39, 0.29) is 5.75 Å². The Labute approximate surface area is 118 Å². The normalized spacial score (nSPS) is 17.8. The van der Waals surface area contributed by atoms with Crippen LogP contribution in [0.25, 0.3) is 0 Å². The molecule has 0 saturated carbocycles. The Morgan fingerprint density at radius 2 is 2.05 bits per heavy atom. The minimum absolute atomic E-state index is 0.0224. The first kappa shape index (κ1) is 13.1. The van der Waals surface area contributed by atoms with Crippen molar-refractivity contribution in [3.8, 4) is 5.75 Å². The zero-order valence-corrected chi connectivity index (χ0v) is 11.3. The van der Waals surface area contributed by atoms with Crippen LogP contribution < -0.4 is 5.32 Å². The molecule has 104 valence electrons. The van der Waals surface area contributed by atoms with Gasteiger partial charge in [-0.25, -0.2) is 4.39 Å². The number of phenolic OH excluding ortho intramolecular Hbond substituents is 1. The van der Waals surface area contributed by atoms with Gasteiger partial charge in [-0.3, -0.25) is 0 Å². The molecule has 2 aromatic rings. The van der Waals surface area contributed by atoms with Gasteiger partial charge in [-0.2, -0.15) is 0 Å². The summed E-state index contributed by atoms with van der Waals surface area (Å²) in [5.41, 5.74) is 3.52. The maximum absolute atomic E-state index is 13.2. The molecule has 0 heterocycles. The molecule has 2 N–H and O–H groups in total. The molecule has 3 heteroatoms. The summed E-state index contributed by atoms with van der Waals surface area (Å²) in [6.07, 6.45) is 3.40. The van der Waals surface area contributed by atoms with Crippen molar-refractivity contribution >= 4 is 0 Å². The molecule has 2 aromatic carbocycles. The van der Waals surface area contributed by atoms with E-state index < -0.39 is 5.82 Å². The Bertz CT molecular complexity index is 591. The quantitative estimate of drug-likeness (QED) is 0.892. The van der Waals surface area contributed by atoms with Gasteiger partial charge in [0.1, 0.15) is 11.6 Å². The average Bonchev–Trinajstić information content (AvgIpc) is 2.44. The van der Waals surface area contributed by atoms with Crippen LogP contribution in [0.5, 0.6) is 5.75 Å². The number of hydrogen-bond acceptors (Lipinski definition) is 2. The van der Waals surface area contributed by atoms with Gasteiger partial charge >= 0.3 is 0 Å². The van der Waals surface area contributed by atoms with E-state index in [0.717, 1.165) is 24.5 Å². The van der Waals surface area contributed by atoms with Crippen molar-refractivity contribution in [3.05, 3.63) is 65.0 Å². The smallest absolute Gasteiger partial charge is 0.127 e. The third-order valence-electron chi connectivity index (χ3n) is 3.86. The average molecular weight is 271 g/mol. The number of aromatic hydroxyl groups is 1. The molecule has 0 saturated heterocycles. The van der Waals surface area contributed by atoms with Crippen LogP contribution in [0.3, 0.4) is 0 Å². The Morgan fingerprint density at radius 1 is 1.20 bits per heavy atom. The summed E-state index contributed by atoms with van der Waals surface area (Å²) in [4.78, 5) is 0. The lowest BCUT2D eigenvalue weighted by Gasteiger charge is -2.26. The number of nitrogens with one attached hydrogen (secondary N) is 1. The molecule has 2 nitrogen and oxygen atoms in total. The first-order chi connectivity index (χ1) is 9.72. The largest absolute Gasteiger partial charge is 0.508 e. The molecule has 0 aromatic heterocycles. The van der Waals surface area contributed by atoms with Gasteiger partial charge < -0.3 is 10.4 Å². The predicted octanol–water partition coefficient (Wildman–Crippen LogP) is 3.70. The lowest BCUT2D eigenvalue weighted by atomic mass is 9.87. The Balaban J connectivity index is 1.73. The van der Waals surface area contributed by atoms with Crippen LogP contribution in [0.1, 0.15) is 35.6 Å². The van der Waals surface area contributed by atoms with Crippen LogP contribution >= 0.6 is 0 Å². The standard InChI is InChI=1S/C17H18FNO/c18-14-8-12(9-15(20)10-14)11-19-17-7-3-5-13-4-1-2-6-16(13)17/h1-2,4,6,8-10,17,19-20H,3,5,7,11H2. The highest BCUT2D eigenvalue weighted by Gasteiger charge is 2.18. The minimum atomic E-state index is -0.397. The highest BCUT2D eigenvalue weighted by atomic mass is 19.1. The summed E-state index contributed by atoms with van der Waals surface area (Å²) in [6, 6.07) is 13.0. The molecule has 3 rings (SSSR count). The van der Waals surface area contributed by atoms with Crippen LogP contribution in [-0.4, -0.2) is 5.11 Å². The van der Waals surface area contributed by atoms with Crippen LogP contribution in [0.15, 0.2) is 42.5 Å². The van der Waals surface area contributed by atoms with Crippen molar-refractivity contribution in [2.75, 3.05) is 0 Å². The summed E-state index contributed by atoms with van der Waals surface area (Å²) >= 11 is 0. The van der Waals surface area contributed by atoms with Crippen molar-refractivity contribution in [1.29, 1.82) is 0 Å². The van der Waals surface area contributed by atoms with Crippen molar-refractivity contribution in [2.45, 2.75) is 31.8 Å². The number of phenols is 1. The van der Waals surface area contributed by atoms with E-state index in [1.807, 2.05) is 0 Å². The fraction of sp³-hybridized carbons (Fsp3) is 0.294. The summed E-state index contributed by atoms with van der Waals surface area (Å²) in [5, 5.41) is 12.9. The van der Waals surface area contributed by atoms with E-state index in [9.17, 15) is 9.50 Å². The van der Waals surface area contributed by atoms with E-state index >= 15 is 0 Å². The van der Waals surface area contributed by atoms with Gasteiger partial charge in [0.05, 0.1) is 0 Å². The van der Waals surface area contributed by atoms with Crippen LogP contribution in [0.2, 0.25) is 0 Å². The first-order valence-electron chi connectivity index (χ1n) is 7.02. The molecule has 0 radical (unpaired) electrons. The summed E-state index contributed by atoms with van der Waals surface area (Å²) in [7, 11) is 0. The number of fused-ring (bicyclic) bond motifs is 1. The van der Waals surface area contributed by atoms with Gasteiger partial charge in [0.25, 0.3) is 0 Å². The monoisotopic (exact) mass is 271 g/mol. The molecule has 0 bridgehead atoms. The van der Waals surface area contributed by atoms with E-state index in [2.05, 4.69) is 29.6 Å². The maximum Gasteiger partial charge on any atom is 0.127 e. The maximum atomic E-state index is 13.2. The number of hydrogen-bond donors (Lipinski definition) is 2. The highest BCUT2D eigenvalue weighted by Crippen LogP contribution is 2.29. The van der Waals surface area contributed by atoms with E-state index in [4.69, 9.17) is 0 Å². The van der Waals surface area contributed by atoms with Gasteiger partial charge in [0, 0.05) is 18.7 Å². The predicted molar refractivity (Wildman–Crippen MR) is 77.0 cm³/mol.